The highest BCUT2D eigenvalue weighted by Crippen LogP contribution is 2.19. The summed E-state index contributed by atoms with van der Waals surface area (Å²) >= 11 is 0. The van der Waals surface area contributed by atoms with Crippen molar-refractivity contribution in [3.05, 3.63) is 39.7 Å². The topological polar surface area (TPSA) is 81.5 Å². The van der Waals surface area contributed by atoms with Crippen molar-refractivity contribution in [2.24, 2.45) is 0 Å². The minimum absolute atomic E-state index is 0.00648. The maximum atomic E-state index is 13.2. The Kier molecular flexibility index (Phi) is 4.18. The van der Waals surface area contributed by atoms with Crippen LogP contribution in [0.2, 0.25) is 0 Å². The minimum Gasteiger partial charge on any atom is -0.368 e. The number of benzene rings is 1. The van der Waals surface area contributed by atoms with Gasteiger partial charge in [-0.15, -0.1) is 0 Å². The molecule has 0 aromatic heterocycles. The summed E-state index contributed by atoms with van der Waals surface area (Å²) in [5.41, 5.74) is -0.208. The second kappa shape index (κ2) is 5.85. The van der Waals surface area contributed by atoms with Crippen LogP contribution in [0.3, 0.4) is 0 Å². The molecule has 0 spiro atoms. The minimum atomic E-state index is -0.906. The molecule has 1 saturated heterocycles. The second-order valence-corrected chi connectivity index (χ2v) is 4.25. The van der Waals surface area contributed by atoms with Gasteiger partial charge in [-0.2, -0.15) is 4.39 Å². The first kappa shape index (κ1) is 13.6. The Balaban J connectivity index is 2.08. The van der Waals surface area contributed by atoms with Gasteiger partial charge in [0.1, 0.15) is 6.10 Å². The number of nitro groups is 1. The van der Waals surface area contributed by atoms with E-state index in [0.29, 0.717) is 25.3 Å². The zero-order valence-electron chi connectivity index (χ0n) is 10.1. The summed E-state index contributed by atoms with van der Waals surface area (Å²) in [6, 6.07) is 3.46. The summed E-state index contributed by atoms with van der Waals surface area (Å²) in [7, 11) is 0. The van der Waals surface area contributed by atoms with Crippen LogP contribution in [0, 0.1) is 15.9 Å². The van der Waals surface area contributed by atoms with Crippen LogP contribution in [0.15, 0.2) is 18.2 Å². The van der Waals surface area contributed by atoms with Gasteiger partial charge in [0.2, 0.25) is 5.82 Å². The van der Waals surface area contributed by atoms with E-state index in [9.17, 15) is 19.3 Å². The molecule has 0 aliphatic carbocycles. The Bertz CT molecular complexity index is 501. The lowest BCUT2D eigenvalue weighted by molar-refractivity contribution is -0.387. The van der Waals surface area contributed by atoms with Crippen molar-refractivity contribution in [2.45, 2.75) is 12.5 Å². The van der Waals surface area contributed by atoms with Crippen LogP contribution in [0.4, 0.5) is 10.1 Å². The monoisotopic (exact) mass is 268 g/mol. The molecule has 0 saturated carbocycles. The molecule has 7 heteroatoms. The van der Waals surface area contributed by atoms with Gasteiger partial charge in [-0.1, -0.05) is 6.07 Å². The second-order valence-electron chi connectivity index (χ2n) is 4.25. The zero-order chi connectivity index (χ0) is 13.8. The summed E-state index contributed by atoms with van der Waals surface area (Å²) < 4.78 is 18.4. The molecule has 1 aromatic carbocycles. The molecule has 1 heterocycles. The molecule has 0 amide bonds. The number of ether oxygens (including phenoxy) is 1. The van der Waals surface area contributed by atoms with E-state index >= 15 is 0 Å². The number of hydrogen-bond donors (Lipinski definition) is 1. The highest BCUT2D eigenvalue weighted by atomic mass is 19.1. The average molecular weight is 268 g/mol. The third-order valence-electron chi connectivity index (χ3n) is 2.87. The largest absolute Gasteiger partial charge is 0.368 e. The number of carbonyl (C=O) groups is 1. The number of halogens is 1. The third kappa shape index (κ3) is 3.33. The first-order valence-electron chi connectivity index (χ1n) is 5.86. The quantitative estimate of drug-likeness (QED) is 0.646. The Labute approximate surface area is 108 Å². The average Bonchev–Trinajstić information content (AvgIpc) is 2.41. The van der Waals surface area contributed by atoms with Crippen LogP contribution in [0.5, 0.6) is 0 Å². The normalized spacial score (nSPS) is 19.1. The van der Waals surface area contributed by atoms with E-state index in [1.54, 1.807) is 0 Å². The van der Waals surface area contributed by atoms with Crippen molar-refractivity contribution in [2.75, 3.05) is 19.7 Å². The van der Waals surface area contributed by atoms with Crippen LogP contribution < -0.4 is 5.32 Å². The van der Waals surface area contributed by atoms with E-state index in [1.165, 1.54) is 6.07 Å². The van der Waals surface area contributed by atoms with Gasteiger partial charge in [0.25, 0.3) is 0 Å². The van der Waals surface area contributed by atoms with E-state index < -0.39 is 22.5 Å². The fourth-order valence-electron chi connectivity index (χ4n) is 1.90. The van der Waals surface area contributed by atoms with Crippen molar-refractivity contribution in [1.29, 1.82) is 0 Å². The smallest absolute Gasteiger partial charge is 0.305 e. The molecule has 0 bridgehead atoms. The molecule has 1 unspecified atom stereocenters. The number of morpholine rings is 1. The van der Waals surface area contributed by atoms with Crippen molar-refractivity contribution in [1.82, 2.24) is 5.32 Å². The summed E-state index contributed by atoms with van der Waals surface area (Å²) in [6.07, 6.45) is -0.550. The van der Waals surface area contributed by atoms with Crippen LogP contribution in [-0.2, 0) is 16.0 Å². The van der Waals surface area contributed by atoms with Gasteiger partial charge in [0.05, 0.1) is 11.5 Å². The number of nitro benzene ring substituents is 1. The van der Waals surface area contributed by atoms with Crippen molar-refractivity contribution in [3.8, 4) is 0 Å². The lowest BCUT2D eigenvalue weighted by Crippen LogP contribution is -2.43. The predicted molar refractivity (Wildman–Crippen MR) is 64.4 cm³/mol. The van der Waals surface area contributed by atoms with Crippen molar-refractivity contribution in [3.63, 3.8) is 0 Å². The highest BCUT2D eigenvalue weighted by Gasteiger charge is 2.23. The van der Waals surface area contributed by atoms with Crippen molar-refractivity contribution < 1.29 is 18.8 Å². The first-order chi connectivity index (χ1) is 9.08. The fraction of sp³-hybridized carbons (Fsp3) is 0.417. The van der Waals surface area contributed by atoms with Crippen molar-refractivity contribution >= 4 is 11.5 Å². The summed E-state index contributed by atoms with van der Waals surface area (Å²) in [5.74, 6) is -1.08. The molecule has 6 nitrogen and oxygen atoms in total. The van der Waals surface area contributed by atoms with Crippen LogP contribution in [0.1, 0.15) is 5.56 Å². The van der Waals surface area contributed by atoms with E-state index in [0.717, 1.165) is 12.1 Å². The lowest BCUT2D eigenvalue weighted by Gasteiger charge is -2.22. The predicted octanol–water partition coefficient (Wildman–Crippen LogP) is 0.834. The molecule has 19 heavy (non-hydrogen) atoms. The van der Waals surface area contributed by atoms with Crippen LogP contribution in [-0.4, -0.2) is 36.5 Å². The van der Waals surface area contributed by atoms with E-state index in [2.05, 4.69) is 5.32 Å². The Morgan fingerprint density at radius 2 is 2.37 bits per heavy atom. The van der Waals surface area contributed by atoms with E-state index in [4.69, 9.17) is 4.74 Å². The maximum Gasteiger partial charge on any atom is 0.305 e. The molecular weight excluding hydrogens is 255 g/mol. The van der Waals surface area contributed by atoms with Gasteiger partial charge in [-0.3, -0.25) is 14.9 Å². The molecule has 1 N–H and O–H groups in total. The first-order valence-corrected chi connectivity index (χ1v) is 5.86. The molecular formula is C12H13FN2O4. The standard InChI is InChI=1S/C12H13FN2O4/c13-9-2-1-8(5-10(9)15(17)18)6-11(16)12-7-14-3-4-19-12/h1-2,5,12,14H,3-4,6-7H2. The summed E-state index contributed by atoms with van der Waals surface area (Å²) in [5, 5.41) is 13.6. The molecule has 1 aliphatic heterocycles. The number of ketones is 1. The lowest BCUT2D eigenvalue weighted by atomic mass is 10.0. The molecule has 1 aromatic rings. The molecule has 0 radical (unpaired) electrons. The Morgan fingerprint density at radius 3 is 3.00 bits per heavy atom. The SMILES string of the molecule is O=C(Cc1ccc(F)c([N+](=O)[O-])c1)C1CNCCO1. The van der Waals surface area contributed by atoms with Gasteiger partial charge in [0.15, 0.2) is 5.78 Å². The van der Waals surface area contributed by atoms with Gasteiger partial charge >= 0.3 is 5.69 Å². The fourth-order valence-corrected chi connectivity index (χ4v) is 1.90. The number of nitrogens with one attached hydrogen (secondary N) is 1. The Morgan fingerprint density at radius 1 is 1.58 bits per heavy atom. The number of Topliss-reactive ketones (excluding diaryl/α,β-unsaturated/α-hetero) is 1. The summed E-state index contributed by atoms with van der Waals surface area (Å²) in [4.78, 5) is 21.7. The van der Waals surface area contributed by atoms with Gasteiger partial charge < -0.3 is 10.1 Å². The van der Waals surface area contributed by atoms with E-state index in [1.807, 2.05) is 0 Å². The molecule has 2 rings (SSSR count). The van der Waals surface area contributed by atoms with Crippen LogP contribution in [0.25, 0.3) is 0 Å². The van der Waals surface area contributed by atoms with Gasteiger partial charge in [-0.05, 0) is 11.6 Å². The number of rotatable bonds is 4. The van der Waals surface area contributed by atoms with Gasteiger partial charge in [-0.25, -0.2) is 0 Å². The zero-order valence-corrected chi connectivity index (χ0v) is 10.1. The highest BCUT2D eigenvalue weighted by molar-refractivity contribution is 5.85. The number of nitrogens with zero attached hydrogens (tertiary/aromatic N) is 1. The van der Waals surface area contributed by atoms with Gasteiger partial charge in [0, 0.05) is 25.6 Å². The number of hydrogen-bond acceptors (Lipinski definition) is 5. The maximum absolute atomic E-state index is 13.2. The summed E-state index contributed by atoms with van der Waals surface area (Å²) in [6.45, 7) is 1.59. The molecule has 1 aliphatic rings. The van der Waals surface area contributed by atoms with E-state index in [-0.39, 0.29) is 12.2 Å². The van der Waals surface area contributed by atoms with Crippen LogP contribution >= 0.6 is 0 Å². The molecule has 102 valence electrons. The number of carbonyl (C=O) groups excluding carboxylic acids is 1. The Hall–Kier alpha value is -1.86. The molecule has 1 atom stereocenters. The third-order valence-corrected chi connectivity index (χ3v) is 2.87. The molecule has 1 fully saturated rings.